The molecule has 0 aromatic rings. The van der Waals surface area contributed by atoms with Crippen LogP contribution in [0, 0.1) is 0 Å². The molecular weight excluding hydrogens is 150 g/mol. The molecule has 4 heteroatoms. The van der Waals surface area contributed by atoms with Gasteiger partial charge in [-0.2, -0.15) is 11.8 Å². The van der Waals surface area contributed by atoms with Gasteiger partial charge in [0, 0.05) is 5.75 Å². The fourth-order valence-electron chi connectivity index (χ4n) is 0.985. The average molecular weight is 161 g/mol. The molecule has 1 unspecified atom stereocenters. The van der Waals surface area contributed by atoms with E-state index in [4.69, 9.17) is 10.8 Å². The van der Waals surface area contributed by atoms with Crippen molar-refractivity contribution in [2.24, 2.45) is 5.73 Å². The summed E-state index contributed by atoms with van der Waals surface area (Å²) in [6.45, 7) is 0. The highest BCUT2D eigenvalue weighted by atomic mass is 32.2. The Balaban J connectivity index is 2.56. The monoisotopic (exact) mass is 161 g/mol. The molecule has 10 heavy (non-hydrogen) atoms. The van der Waals surface area contributed by atoms with Gasteiger partial charge in [-0.1, -0.05) is 0 Å². The first kappa shape index (κ1) is 7.88. The summed E-state index contributed by atoms with van der Waals surface area (Å²) in [5, 5.41) is 8.66. The van der Waals surface area contributed by atoms with Gasteiger partial charge in [0.1, 0.15) is 5.54 Å². The van der Waals surface area contributed by atoms with Gasteiger partial charge in [-0.25, -0.2) is 0 Å². The van der Waals surface area contributed by atoms with Crippen LogP contribution in [0.4, 0.5) is 0 Å². The fourth-order valence-corrected chi connectivity index (χ4v) is 2.11. The highest BCUT2D eigenvalue weighted by Gasteiger charge is 2.35. The van der Waals surface area contributed by atoms with Crippen molar-refractivity contribution < 1.29 is 9.90 Å². The van der Waals surface area contributed by atoms with Crippen LogP contribution in [0.25, 0.3) is 0 Å². The minimum Gasteiger partial charge on any atom is -0.480 e. The average Bonchev–Trinajstić information content (AvgIpc) is 1.89. The third kappa shape index (κ3) is 1.44. The number of aliphatic carboxylic acids is 1. The van der Waals surface area contributed by atoms with Crippen LogP contribution >= 0.6 is 11.8 Å². The van der Waals surface area contributed by atoms with Crippen molar-refractivity contribution >= 4 is 17.7 Å². The summed E-state index contributed by atoms with van der Waals surface area (Å²) in [7, 11) is 0. The molecule has 1 aliphatic rings. The van der Waals surface area contributed by atoms with Crippen LogP contribution in [0.15, 0.2) is 0 Å². The number of carboxylic acid groups (broad SMARTS) is 1. The molecule has 3 nitrogen and oxygen atoms in total. The molecule has 0 aromatic heterocycles. The summed E-state index contributed by atoms with van der Waals surface area (Å²) in [6.07, 6.45) is 1.54. The summed E-state index contributed by atoms with van der Waals surface area (Å²) >= 11 is 1.62. The van der Waals surface area contributed by atoms with Gasteiger partial charge in [0.15, 0.2) is 0 Å². The second-order valence-corrected chi connectivity index (χ2v) is 3.72. The van der Waals surface area contributed by atoms with Gasteiger partial charge in [-0.3, -0.25) is 4.79 Å². The van der Waals surface area contributed by atoms with E-state index in [9.17, 15) is 4.79 Å². The van der Waals surface area contributed by atoms with E-state index in [1.807, 2.05) is 0 Å². The zero-order valence-corrected chi connectivity index (χ0v) is 6.49. The van der Waals surface area contributed by atoms with Gasteiger partial charge in [0.05, 0.1) is 0 Å². The van der Waals surface area contributed by atoms with Gasteiger partial charge < -0.3 is 10.8 Å². The molecule has 1 aliphatic heterocycles. The molecule has 1 saturated heterocycles. The van der Waals surface area contributed by atoms with E-state index in [0.717, 1.165) is 12.2 Å². The molecule has 0 bridgehead atoms. The molecule has 1 fully saturated rings. The number of thioether (sulfide) groups is 1. The van der Waals surface area contributed by atoms with Crippen LogP contribution in [-0.2, 0) is 4.79 Å². The molecule has 58 valence electrons. The summed E-state index contributed by atoms with van der Waals surface area (Å²) in [4.78, 5) is 10.5. The molecular formula is C6H11NO2S. The van der Waals surface area contributed by atoms with E-state index < -0.39 is 11.5 Å². The lowest BCUT2D eigenvalue weighted by Gasteiger charge is -2.27. The smallest absolute Gasteiger partial charge is 0.324 e. The number of carboxylic acids is 1. The minimum atomic E-state index is -0.942. The molecule has 0 spiro atoms. The quantitative estimate of drug-likeness (QED) is 0.580. The van der Waals surface area contributed by atoms with E-state index in [1.165, 1.54) is 0 Å². The van der Waals surface area contributed by atoms with Crippen molar-refractivity contribution in [3.05, 3.63) is 0 Å². The lowest BCUT2D eigenvalue weighted by molar-refractivity contribution is -0.142. The summed E-state index contributed by atoms with van der Waals surface area (Å²) in [5.41, 5.74) is 4.64. The number of hydrogen-bond donors (Lipinski definition) is 2. The molecule has 0 aromatic carbocycles. The Hall–Kier alpha value is -0.220. The van der Waals surface area contributed by atoms with Crippen LogP contribution in [0.1, 0.15) is 12.8 Å². The second kappa shape index (κ2) is 2.80. The summed E-state index contributed by atoms with van der Waals surface area (Å²) in [6, 6.07) is 0. The molecule has 0 saturated carbocycles. The molecule has 1 atom stereocenters. The van der Waals surface area contributed by atoms with Crippen molar-refractivity contribution in [2.45, 2.75) is 18.4 Å². The largest absolute Gasteiger partial charge is 0.480 e. The minimum absolute atomic E-state index is 0.558. The van der Waals surface area contributed by atoms with Crippen molar-refractivity contribution in [2.75, 3.05) is 11.5 Å². The SMILES string of the molecule is NC1(C(=O)O)CCCSC1. The highest BCUT2D eigenvalue weighted by molar-refractivity contribution is 7.99. The molecule has 0 radical (unpaired) electrons. The number of hydrogen-bond acceptors (Lipinski definition) is 3. The summed E-state index contributed by atoms with van der Waals surface area (Å²) < 4.78 is 0. The van der Waals surface area contributed by atoms with Gasteiger partial charge in [0.25, 0.3) is 0 Å². The zero-order valence-electron chi connectivity index (χ0n) is 5.67. The normalized spacial score (nSPS) is 33.7. The van der Waals surface area contributed by atoms with Crippen LogP contribution in [0.3, 0.4) is 0 Å². The first-order valence-electron chi connectivity index (χ1n) is 3.25. The van der Waals surface area contributed by atoms with Crippen molar-refractivity contribution in [3.63, 3.8) is 0 Å². The van der Waals surface area contributed by atoms with Crippen LogP contribution < -0.4 is 5.73 Å². The first-order chi connectivity index (χ1) is 4.65. The predicted octanol–water partition coefficient (Wildman–Crippen LogP) is 0.295. The van der Waals surface area contributed by atoms with Gasteiger partial charge in [0.2, 0.25) is 0 Å². The Bertz CT molecular complexity index is 143. The third-order valence-corrected chi connectivity index (χ3v) is 2.99. The van der Waals surface area contributed by atoms with Crippen LogP contribution in [0.5, 0.6) is 0 Å². The maximum absolute atomic E-state index is 10.5. The standard InChI is InChI=1S/C6H11NO2S/c7-6(5(8)9)2-1-3-10-4-6/h1-4,7H2,(H,8,9). The Morgan fingerprint density at radius 1 is 1.70 bits per heavy atom. The predicted molar refractivity (Wildman–Crippen MR) is 41.1 cm³/mol. The molecule has 0 aliphatic carbocycles. The second-order valence-electron chi connectivity index (χ2n) is 2.62. The van der Waals surface area contributed by atoms with Crippen LogP contribution in [-0.4, -0.2) is 28.1 Å². The first-order valence-corrected chi connectivity index (χ1v) is 4.41. The zero-order chi connectivity index (χ0) is 7.61. The fraction of sp³-hybridized carbons (Fsp3) is 0.833. The van der Waals surface area contributed by atoms with Crippen molar-refractivity contribution in [1.82, 2.24) is 0 Å². The Kier molecular flexibility index (Phi) is 2.21. The Labute approximate surface area is 64.0 Å². The summed E-state index contributed by atoms with van der Waals surface area (Å²) in [5.74, 6) is 0.744. The maximum atomic E-state index is 10.5. The number of nitrogens with two attached hydrogens (primary N) is 1. The van der Waals surface area contributed by atoms with E-state index in [-0.39, 0.29) is 0 Å². The Morgan fingerprint density at radius 3 is 2.70 bits per heavy atom. The molecule has 1 heterocycles. The van der Waals surface area contributed by atoms with Gasteiger partial charge in [-0.05, 0) is 18.6 Å². The van der Waals surface area contributed by atoms with Crippen LogP contribution in [0.2, 0.25) is 0 Å². The van der Waals surface area contributed by atoms with E-state index in [0.29, 0.717) is 12.2 Å². The topological polar surface area (TPSA) is 63.3 Å². The molecule has 1 rings (SSSR count). The molecule has 0 amide bonds. The highest BCUT2D eigenvalue weighted by Crippen LogP contribution is 2.24. The lowest BCUT2D eigenvalue weighted by atomic mass is 9.97. The number of rotatable bonds is 1. The number of carbonyl (C=O) groups is 1. The van der Waals surface area contributed by atoms with E-state index >= 15 is 0 Å². The van der Waals surface area contributed by atoms with Gasteiger partial charge in [-0.15, -0.1) is 0 Å². The van der Waals surface area contributed by atoms with Gasteiger partial charge >= 0.3 is 5.97 Å². The van der Waals surface area contributed by atoms with Crippen molar-refractivity contribution in [3.8, 4) is 0 Å². The Morgan fingerprint density at radius 2 is 2.40 bits per heavy atom. The third-order valence-electron chi connectivity index (χ3n) is 1.70. The van der Waals surface area contributed by atoms with E-state index in [1.54, 1.807) is 11.8 Å². The van der Waals surface area contributed by atoms with Crippen molar-refractivity contribution in [1.29, 1.82) is 0 Å². The molecule has 3 N–H and O–H groups in total. The maximum Gasteiger partial charge on any atom is 0.324 e. The lowest BCUT2D eigenvalue weighted by Crippen LogP contribution is -2.51. The van der Waals surface area contributed by atoms with E-state index in [2.05, 4.69) is 0 Å².